The van der Waals surface area contributed by atoms with Crippen LogP contribution in [0.5, 0.6) is 0 Å². The molecule has 4 aromatic rings. The maximum Gasteiger partial charge on any atom is 0.174 e. The van der Waals surface area contributed by atoms with Gasteiger partial charge in [-0.05, 0) is 72.9 Å². The van der Waals surface area contributed by atoms with E-state index in [0.717, 1.165) is 31.6 Å². The molecule has 1 saturated heterocycles. The highest BCUT2D eigenvalue weighted by Gasteiger charge is 2.42. The monoisotopic (exact) mass is 507 g/mol. The number of hydrogen-bond donors (Lipinski definition) is 1. The van der Waals surface area contributed by atoms with Crippen molar-refractivity contribution in [1.29, 1.82) is 0 Å². The van der Waals surface area contributed by atoms with Crippen molar-refractivity contribution in [2.45, 2.75) is 22.1 Å². The number of pyridine rings is 1. The number of halogens is 1. The summed E-state index contributed by atoms with van der Waals surface area (Å²) < 4.78 is 7.35. The topological polar surface area (TPSA) is 41.3 Å². The average Bonchev–Trinajstić information content (AvgIpc) is 3.40. The number of furan rings is 1. The second kappa shape index (κ2) is 8.86. The maximum absolute atomic E-state index is 6.33. The largest absolute Gasteiger partial charge is 0.452 e. The predicted molar refractivity (Wildman–Crippen MR) is 131 cm³/mol. The highest BCUT2D eigenvalue weighted by molar-refractivity contribution is 9.10. The van der Waals surface area contributed by atoms with Gasteiger partial charge in [0.15, 0.2) is 10.2 Å². The molecular weight excluding hydrogens is 490 g/mol. The summed E-state index contributed by atoms with van der Waals surface area (Å²) in [6.07, 6.45) is 1.80. The van der Waals surface area contributed by atoms with Gasteiger partial charge in [0.25, 0.3) is 0 Å². The third kappa shape index (κ3) is 4.26. The van der Waals surface area contributed by atoms with Gasteiger partial charge in [-0.1, -0.05) is 52.0 Å². The van der Waals surface area contributed by atoms with Crippen LogP contribution in [0.4, 0.5) is 5.69 Å². The summed E-state index contributed by atoms with van der Waals surface area (Å²) in [6, 6.07) is 28.0. The van der Waals surface area contributed by atoms with Crippen molar-refractivity contribution < 1.29 is 4.42 Å². The Hall–Kier alpha value is -2.61. The lowest BCUT2D eigenvalue weighted by atomic mass is 10.0. The predicted octanol–water partition coefficient (Wildman–Crippen LogP) is 6.77. The zero-order chi connectivity index (χ0) is 21.2. The molecule has 1 aliphatic heterocycles. The molecule has 2 atom stereocenters. The van der Waals surface area contributed by atoms with Crippen LogP contribution < -0.4 is 10.2 Å². The summed E-state index contributed by atoms with van der Waals surface area (Å²) in [5.74, 6) is 0.837. The van der Waals surface area contributed by atoms with Gasteiger partial charge in [0.05, 0.1) is 11.7 Å². The molecule has 1 fully saturated rings. The lowest BCUT2D eigenvalue weighted by molar-refractivity contribution is 0.383. The molecule has 1 aliphatic rings. The van der Waals surface area contributed by atoms with Crippen LogP contribution in [-0.2, 0) is 0 Å². The van der Waals surface area contributed by atoms with Crippen molar-refractivity contribution in [1.82, 2.24) is 10.3 Å². The van der Waals surface area contributed by atoms with Crippen molar-refractivity contribution in [2.75, 3.05) is 4.90 Å². The van der Waals surface area contributed by atoms with Gasteiger partial charge in [-0.25, -0.2) is 0 Å². The van der Waals surface area contributed by atoms with E-state index < -0.39 is 0 Å². The average molecular weight is 508 g/mol. The van der Waals surface area contributed by atoms with Crippen LogP contribution in [0.15, 0.2) is 110 Å². The first-order valence-electron chi connectivity index (χ1n) is 9.78. The van der Waals surface area contributed by atoms with Gasteiger partial charge < -0.3 is 14.6 Å². The Morgan fingerprint density at radius 2 is 1.71 bits per heavy atom. The minimum atomic E-state index is -0.159. The van der Waals surface area contributed by atoms with Crippen LogP contribution in [0.1, 0.15) is 23.5 Å². The Morgan fingerprint density at radius 1 is 0.935 bits per heavy atom. The van der Waals surface area contributed by atoms with Gasteiger partial charge in [-0.3, -0.25) is 4.98 Å². The maximum atomic E-state index is 6.33. The number of rotatable bonds is 5. The van der Waals surface area contributed by atoms with E-state index in [9.17, 15) is 0 Å². The smallest absolute Gasteiger partial charge is 0.174 e. The van der Waals surface area contributed by atoms with Gasteiger partial charge in [0.1, 0.15) is 11.8 Å². The number of nitrogens with zero attached hydrogens (tertiary/aromatic N) is 2. The van der Waals surface area contributed by atoms with Gasteiger partial charge in [-0.15, -0.1) is 0 Å². The normalized spacial score (nSPS) is 18.2. The van der Waals surface area contributed by atoms with Crippen molar-refractivity contribution in [2.24, 2.45) is 0 Å². The third-order valence-electron chi connectivity index (χ3n) is 5.06. The Kier molecular flexibility index (Phi) is 5.80. The van der Waals surface area contributed by atoms with Crippen molar-refractivity contribution in [3.05, 3.63) is 107 Å². The highest BCUT2D eigenvalue weighted by atomic mass is 79.9. The van der Waals surface area contributed by atoms with Crippen LogP contribution in [-0.4, -0.2) is 10.1 Å². The SMILES string of the molecule is S=C1NC(c2ccccn2)C(c2ccc(Sc3ccccc3)o2)N1c1ccc(Br)cc1. The molecule has 3 heterocycles. The van der Waals surface area contributed by atoms with Crippen LogP contribution in [0.3, 0.4) is 0 Å². The quantitative estimate of drug-likeness (QED) is 0.300. The molecular formula is C24H18BrN3OS2. The number of hydrogen-bond acceptors (Lipinski definition) is 4. The second-order valence-corrected chi connectivity index (χ2v) is 9.43. The fourth-order valence-corrected chi connectivity index (χ4v) is 5.09. The van der Waals surface area contributed by atoms with Crippen LogP contribution in [0.2, 0.25) is 0 Å². The molecule has 0 amide bonds. The van der Waals surface area contributed by atoms with Gasteiger partial charge >= 0.3 is 0 Å². The van der Waals surface area contributed by atoms with Crippen molar-refractivity contribution >= 4 is 50.7 Å². The summed E-state index contributed by atoms with van der Waals surface area (Å²) >= 11 is 10.9. The number of aromatic nitrogens is 1. The molecule has 1 N–H and O–H groups in total. The van der Waals surface area contributed by atoms with E-state index in [2.05, 4.69) is 55.4 Å². The Morgan fingerprint density at radius 3 is 2.45 bits per heavy atom. The minimum absolute atomic E-state index is 0.127. The lowest BCUT2D eigenvalue weighted by Gasteiger charge is -2.26. The van der Waals surface area contributed by atoms with E-state index in [-0.39, 0.29) is 12.1 Å². The van der Waals surface area contributed by atoms with Crippen LogP contribution >= 0.6 is 39.9 Å². The standard InChI is InChI=1S/C24H18BrN3OS2/c25-16-9-11-17(12-10-16)28-23(22(27-24(28)30)19-8-4-5-15-26-19)20-13-14-21(29-20)31-18-6-2-1-3-7-18/h1-15,22-23H,(H,27,30). The summed E-state index contributed by atoms with van der Waals surface area (Å²) in [4.78, 5) is 7.83. The van der Waals surface area contributed by atoms with Gasteiger partial charge in [0.2, 0.25) is 0 Å². The van der Waals surface area contributed by atoms with Crippen LogP contribution in [0, 0.1) is 0 Å². The first-order chi connectivity index (χ1) is 15.2. The molecule has 7 heteroatoms. The molecule has 5 rings (SSSR count). The van der Waals surface area contributed by atoms with Crippen LogP contribution in [0.25, 0.3) is 0 Å². The molecule has 2 unspecified atom stereocenters. The molecule has 4 nitrogen and oxygen atoms in total. The molecule has 154 valence electrons. The number of thiocarbonyl (C=S) groups is 1. The van der Waals surface area contributed by atoms with Crippen molar-refractivity contribution in [3.8, 4) is 0 Å². The molecule has 2 aromatic heterocycles. The zero-order valence-electron chi connectivity index (χ0n) is 16.3. The molecule has 2 aromatic carbocycles. The Balaban J connectivity index is 1.53. The molecule has 31 heavy (non-hydrogen) atoms. The van der Waals surface area contributed by atoms with Gasteiger partial charge in [0, 0.05) is 21.3 Å². The zero-order valence-corrected chi connectivity index (χ0v) is 19.5. The molecule has 0 bridgehead atoms. The van der Waals surface area contributed by atoms with Crippen molar-refractivity contribution in [3.63, 3.8) is 0 Å². The lowest BCUT2D eigenvalue weighted by Crippen LogP contribution is -2.29. The second-order valence-electron chi connectivity index (χ2n) is 7.04. The van der Waals surface area contributed by atoms with Gasteiger partial charge in [-0.2, -0.15) is 0 Å². The number of benzene rings is 2. The summed E-state index contributed by atoms with van der Waals surface area (Å²) in [7, 11) is 0. The fraction of sp³-hybridized carbons (Fsp3) is 0.0833. The van der Waals surface area contributed by atoms with E-state index in [0.29, 0.717) is 5.11 Å². The fourth-order valence-electron chi connectivity index (χ4n) is 3.68. The van der Waals surface area contributed by atoms with E-state index >= 15 is 0 Å². The third-order valence-corrected chi connectivity index (χ3v) is 6.83. The summed E-state index contributed by atoms with van der Waals surface area (Å²) in [5.41, 5.74) is 1.92. The van der Waals surface area contributed by atoms with E-state index in [4.69, 9.17) is 16.6 Å². The summed E-state index contributed by atoms with van der Waals surface area (Å²) in [5, 5.41) is 4.95. The Bertz CT molecular complexity index is 1180. The molecule has 0 aliphatic carbocycles. The summed E-state index contributed by atoms with van der Waals surface area (Å²) in [6.45, 7) is 0. The molecule has 0 spiro atoms. The van der Waals surface area contributed by atoms with E-state index in [1.807, 2.05) is 60.7 Å². The first kappa shape index (κ1) is 20.3. The van der Waals surface area contributed by atoms with E-state index in [1.165, 1.54) is 0 Å². The first-order valence-corrected chi connectivity index (χ1v) is 11.8. The number of anilines is 1. The molecule has 0 saturated carbocycles. The Labute approximate surface area is 198 Å². The highest BCUT2D eigenvalue weighted by Crippen LogP contribution is 2.43. The molecule has 0 radical (unpaired) electrons. The van der Waals surface area contributed by atoms with E-state index in [1.54, 1.807) is 18.0 Å². The minimum Gasteiger partial charge on any atom is -0.452 e. The number of nitrogens with one attached hydrogen (secondary N) is 1.